The first kappa shape index (κ1) is 16.2. The first-order valence-electron chi connectivity index (χ1n) is 5.29. The van der Waals surface area contributed by atoms with E-state index in [0.29, 0.717) is 17.0 Å². The van der Waals surface area contributed by atoms with Crippen LogP contribution in [-0.4, -0.2) is 11.1 Å². The van der Waals surface area contributed by atoms with Crippen LogP contribution in [0.2, 0.25) is 5.02 Å². The van der Waals surface area contributed by atoms with Crippen LogP contribution in [0.3, 0.4) is 0 Å². The Kier molecular flexibility index (Phi) is 6.53. The van der Waals surface area contributed by atoms with Gasteiger partial charge in [-0.3, -0.25) is 0 Å². The highest BCUT2D eigenvalue weighted by Gasteiger charge is 2.36. The summed E-state index contributed by atoms with van der Waals surface area (Å²) in [4.78, 5) is 11.3. The summed E-state index contributed by atoms with van der Waals surface area (Å²) in [6, 6.07) is 6.84. The topological polar surface area (TPSA) is 63.3 Å². The van der Waals surface area contributed by atoms with Crippen LogP contribution in [0.4, 0.5) is 0 Å². The van der Waals surface area contributed by atoms with E-state index in [0.717, 1.165) is 12.8 Å². The minimum absolute atomic E-state index is 0. The lowest BCUT2D eigenvalue weighted by atomic mass is 9.86. The molecule has 1 atom stereocenters. The van der Waals surface area contributed by atoms with Crippen LogP contribution in [0.1, 0.15) is 31.7 Å². The standard InChI is InChI=1S/C12H16ClNO2.ClH/c1-2-3-8-12(14,11(15)16)9-6-4-5-7-10(9)13;/h4-7H,2-3,8,14H2,1H3,(H,15,16);1H. The number of halogens is 2. The Hall–Kier alpha value is -0.770. The molecule has 0 radical (unpaired) electrons. The highest BCUT2D eigenvalue weighted by atomic mass is 35.5. The third-order valence-corrected chi connectivity index (χ3v) is 2.99. The van der Waals surface area contributed by atoms with Crippen molar-refractivity contribution in [3.8, 4) is 0 Å². The molecule has 17 heavy (non-hydrogen) atoms. The van der Waals surface area contributed by atoms with E-state index in [1.807, 2.05) is 6.92 Å². The molecule has 0 heterocycles. The first-order valence-corrected chi connectivity index (χ1v) is 5.67. The Morgan fingerprint density at radius 3 is 2.53 bits per heavy atom. The molecule has 0 amide bonds. The molecule has 1 aromatic carbocycles. The molecule has 3 nitrogen and oxygen atoms in total. The molecule has 5 heteroatoms. The van der Waals surface area contributed by atoms with Gasteiger partial charge in [0, 0.05) is 10.6 Å². The Bertz CT molecular complexity index is 385. The summed E-state index contributed by atoms with van der Waals surface area (Å²) in [5, 5.41) is 9.66. The predicted molar refractivity (Wildman–Crippen MR) is 71.7 cm³/mol. The van der Waals surface area contributed by atoms with Crippen LogP contribution in [0.15, 0.2) is 24.3 Å². The molecule has 3 N–H and O–H groups in total. The number of benzene rings is 1. The summed E-state index contributed by atoms with van der Waals surface area (Å²) < 4.78 is 0. The Morgan fingerprint density at radius 2 is 2.06 bits per heavy atom. The van der Waals surface area contributed by atoms with E-state index in [1.54, 1.807) is 24.3 Å². The third-order valence-electron chi connectivity index (χ3n) is 2.66. The summed E-state index contributed by atoms with van der Waals surface area (Å²) in [6.07, 6.45) is 2.05. The van der Waals surface area contributed by atoms with Crippen molar-refractivity contribution >= 4 is 30.0 Å². The fraction of sp³-hybridized carbons (Fsp3) is 0.417. The molecule has 1 rings (SSSR count). The smallest absolute Gasteiger partial charge is 0.328 e. The molecule has 1 aromatic rings. The second-order valence-corrected chi connectivity index (χ2v) is 4.27. The van der Waals surface area contributed by atoms with Crippen molar-refractivity contribution in [2.45, 2.75) is 31.7 Å². The van der Waals surface area contributed by atoms with Gasteiger partial charge in [0.2, 0.25) is 0 Å². The van der Waals surface area contributed by atoms with Gasteiger partial charge in [-0.2, -0.15) is 0 Å². The van der Waals surface area contributed by atoms with E-state index in [9.17, 15) is 9.90 Å². The lowest BCUT2D eigenvalue weighted by Gasteiger charge is -2.26. The first-order chi connectivity index (χ1) is 7.52. The second kappa shape index (κ2) is 6.84. The van der Waals surface area contributed by atoms with Crippen molar-refractivity contribution in [3.05, 3.63) is 34.9 Å². The van der Waals surface area contributed by atoms with E-state index in [1.165, 1.54) is 0 Å². The quantitative estimate of drug-likeness (QED) is 0.869. The predicted octanol–water partition coefficient (Wildman–Crippen LogP) is 3.19. The monoisotopic (exact) mass is 277 g/mol. The molecule has 0 aliphatic carbocycles. The molecule has 0 spiro atoms. The third kappa shape index (κ3) is 3.60. The number of aliphatic carboxylic acids is 1. The Balaban J connectivity index is 0.00000256. The number of nitrogens with two attached hydrogens (primary N) is 1. The van der Waals surface area contributed by atoms with Crippen molar-refractivity contribution in [1.82, 2.24) is 0 Å². The van der Waals surface area contributed by atoms with Gasteiger partial charge in [-0.15, -0.1) is 12.4 Å². The van der Waals surface area contributed by atoms with Crippen LogP contribution in [0.5, 0.6) is 0 Å². The zero-order valence-corrected chi connectivity index (χ0v) is 11.2. The number of rotatable bonds is 5. The molecule has 0 bridgehead atoms. The highest BCUT2D eigenvalue weighted by Crippen LogP contribution is 2.30. The van der Waals surface area contributed by atoms with Crippen LogP contribution in [0, 0.1) is 0 Å². The van der Waals surface area contributed by atoms with Gasteiger partial charge in [0.05, 0.1) is 0 Å². The minimum Gasteiger partial charge on any atom is -0.480 e. The molecule has 0 aliphatic rings. The Morgan fingerprint density at radius 1 is 1.47 bits per heavy atom. The van der Waals surface area contributed by atoms with Crippen molar-refractivity contribution in [2.24, 2.45) is 5.73 Å². The molecule has 0 saturated heterocycles. The zero-order chi connectivity index (χ0) is 12.2. The van der Waals surface area contributed by atoms with Gasteiger partial charge in [0.15, 0.2) is 0 Å². The van der Waals surface area contributed by atoms with Crippen LogP contribution < -0.4 is 5.73 Å². The van der Waals surface area contributed by atoms with Crippen molar-refractivity contribution in [3.63, 3.8) is 0 Å². The number of carboxylic acids is 1. The van der Waals surface area contributed by atoms with Gasteiger partial charge in [-0.05, 0) is 12.5 Å². The molecule has 0 aromatic heterocycles. The lowest BCUT2D eigenvalue weighted by Crippen LogP contribution is -2.45. The van der Waals surface area contributed by atoms with Crippen molar-refractivity contribution in [1.29, 1.82) is 0 Å². The van der Waals surface area contributed by atoms with Crippen LogP contribution in [0.25, 0.3) is 0 Å². The maximum absolute atomic E-state index is 11.3. The maximum atomic E-state index is 11.3. The van der Waals surface area contributed by atoms with E-state index < -0.39 is 11.5 Å². The number of hydrogen-bond acceptors (Lipinski definition) is 2. The van der Waals surface area contributed by atoms with Crippen molar-refractivity contribution < 1.29 is 9.90 Å². The zero-order valence-electron chi connectivity index (χ0n) is 9.65. The van der Waals surface area contributed by atoms with Gasteiger partial charge in [0.1, 0.15) is 5.54 Å². The number of carboxylic acid groups (broad SMARTS) is 1. The summed E-state index contributed by atoms with van der Waals surface area (Å²) in [7, 11) is 0. The molecule has 0 aliphatic heterocycles. The van der Waals surface area contributed by atoms with E-state index in [2.05, 4.69) is 0 Å². The number of unbranched alkanes of at least 4 members (excludes halogenated alkanes) is 1. The molecule has 0 fully saturated rings. The molecular formula is C12H17Cl2NO2. The second-order valence-electron chi connectivity index (χ2n) is 3.86. The van der Waals surface area contributed by atoms with Crippen molar-refractivity contribution in [2.75, 3.05) is 0 Å². The fourth-order valence-electron chi connectivity index (χ4n) is 1.64. The largest absolute Gasteiger partial charge is 0.480 e. The highest BCUT2D eigenvalue weighted by molar-refractivity contribution is 6.31. The number of carbonyl (C=O) groups is 1. The minimum atomic E-state index is -1.38. The van der Waals surface area contributed by atoms with E-state index in [-0.39, 0.29) is 12.4 Å². The molecular weight excluding hydrogens is 261 g/mol. The van der Waals surface area contributed by atoms with Gasteiger partial charge in [-0.25, -0.2) is 4.79 Å². The average molecular weight is 278 g/mol. The van der Waals surface area contributed by atoms with Crippen LogP contribution in [-0.2, 0) is 10.3 Å². The normalized spacial score (nSPS) is 13.6. The fourth-order valence-corrected chi connectivity index (χ4v) is 1.94. The van der Waals surface area contributed by atoms with Crippen LogP contribution >= 0.6 is 24.0 Å². The maximum Gasteiger partial charge on any atom is 0.328 e. The number of hydrogen-bond donors (Lipinski definition) is 2. The lowest BCUT2D eigenvalue weighted by molar-refractivity contribution is -0.144. The Labute approximate surface area is 112 Å². The molecule has 96 valence electrons. The average Bonchev–Trinajstić information content (AvgIpc) is 2.26. The summed E-state index contributed by atoms with van der Waals surface area (Å²) in [5.41, 5.74) is 5.07. The van der Waals surface area contributed by atoms with E-state index >= 15 is 0 Å². The van der Waals surface area contributed by atoms with Gasteiger partial charge in [-0.1, -0.05) is 49.6 Å². The molecule has 0 saturated carbocycles. The molecule has 1 unspecified atom stereocenters. The van der Waals surface area contributed by atoms with Gasteiger partial charge < -0.3 is 10.8 Å². The van der Waals surface area contributed by atoms with Gasteiger partial charge in [0.25, 0.3) is 0 Å². The summed E-state index contributed by atoms with van der Waals surface area (Å²) >= 11 is 5.99. The summed E-state index contributed by atoms with van der Waals surface area (Å²) in [6.45, 7) is 1.99. The summed E-state index contributed by atoms with van der Waals surface area (Å²) in [5.74, 6) is -1.03. The SMILES string of the molecule is CCCCC(N)(C(=O)O)c1ccccc1Cl.Cl. The van der Waals surface area contributed by atoms with Gasteiger partial charge >= 0.3 is 5.97 Å². The van der Waals surface area contributed by atoms with E-state index in [4.69, 9.17) is 17.3 Å².